The minimum absolute atomic E-state index is 0.00137. The van der Waals surface area contributed by atoms with Gasteiger partial charge >= 0.3 is 0 Å². The number of aromatic nitrogens is 1. The molecule has 1 aromatic heterocycles. The first kappa shape index (κ1) is 17.0. The van der Waals surface area contributed by atoms with Crippen LogP contribution in [0, 0.1) is 0 Å². The van der Waals surface area contributed by atoms with E-state index in [1.807, 2.05) is 13.8 Å². The summed E-state index contributed by atoms with van der Waals surface area (Å²) in [5, 5.41) is 0. The van der Waals surface area contributed by atoms with Crippen LogP contribution in [-0.4, -0.2) is 29.7 Å². The fraction of sp³-hybridized carbons (Fsp3) is 0.538. The highest BCUT2D eigenvalue weighted by atomic mass is 32.2. The lowest BCUT2D eigenvalue weighted by Gasteiger charge is -2.31. The lowest BCUT2D eigenvalue weighted by molar-refractivity contribution is 0.465. The van der Waals surface area contributed by atoms with E-state index in [0.717, 1.165) is 5.56 Å². The minimum Gasteiger partial charge on any atom is -0.392 e. The van der Waals surface area contributed by atoms with Crippen LogP contribution in [-0.2, 0) is 16.4 Å². The summed E-state index contributed by atoms with van der Waals surface area (Å²) in [5.41, 5.74) is 5.81. The van der Waals surface area contributed by atoms with E-state index < -0.39 is 15.6 Å². The van der Waals surface area contributed by atoms with Crippen molar-refractivity contribution < 1.29 is 8.42 Å². The predicted molar refractivity (Wildman–Crippen MR) is 85.0 cm³/mol. The Bertz CT molecular complexity index is 540. The molecule has 5 nitrogen and oxygen atoms in total. The number of pyridine rings is 1. The van der Waals surface area contributed by atoms with Crippen molar-refractivity contribution in [1.82, 2.24) is 9.71 Å². The average Bonchev–Trinajstić information content (AvgIpc) is 2.44. The lowest BCUT2D eigenvalue weighted by atomic mass is 9.94. The van der Waals surface area contributed by atoms with Gasteiger partial charge in [-0.15, -0.1) is 0 Å². The van der Waals surface area contributed by atoms with E-state index in [1.165, 1.54) is 0 Å². The second kappa shape index (κ2) is 7.10. The summed E-state index contributed by atoms with van der Waals surface area (Å²) in [6.45, 7) is 3.74. The lowest BCUT2D eigenvalue weighted by Crippen LogP contribution is -2.56. The van der Waals surface area contributed by atoms with Crippen molar-refractivity contribution in [2.75, 3.05) is 5.75 Å². The number of nitrogens with one attached hydrogen (secondary N) is 1. The maximum Gasteiger partial charge on any atom is 0.212 e. The molecule has 0 unspecified atom stereocenters. The molecule has 1 heterocycles. The third-order valence-corrected chi connectivity index (χ3v) is 5.27. The number of nitrogens with zero attached hydrogens (tertiary/aromatic N) is 1. The summed E-state index contributed by atoms with van der Waals surface area (Å²) >= 11 is 5.02. The zero-order chi connectivity index (χ0) is 15.2. The standard InChI is InChI=1S/C13H21N3O2S2/c1-3-13(4-2,12(14)19)16-20(17,18)10-7-11-5-8-15-9-6-11/h5-6,8-9,16H,3-4,7,10H2,1-2H3,(H2,14,19). The first-order valence-electron chi connectivity index (χ1n) is 6.55. The van der Waals surface area contributed by atoms with Crippen molar-refractivity contribution in [1.29, 1.82) is 0 Å². The molecule has 0 atom stereocenters. The molecule has 0 saturated carbocycles. The van der Waals surface area contributed by atoms with Crippen LogP contribution in [0.25, 0.3) is 0 Å². The molecule has 0 radical (unpaired) electrons. The quantitative estimate of drug-likeness (QED) is 0.708. The van der Waals surface area contributed by atoms with E-state index in [0.29, 0.717) is 19.3 Å². The fourth-order valence-corrected chi connectivity index (χ4v) is 3.95. The molecule has 7 heteroatoms. The Hall–Kier alpha value is -1.05. The summed E-state index contributed by atoms with van der Waals surface area (Å²) in [6, 6.07) is 3.60. The van der Waals surface area contributed by atoms with Gasteiger partial charge in [0.05, 0.1) is 16.3 Å². The first-order valence-corrected chi connectivity index (χ1v) is 8.61. The summed E-state index contributed by atoms with van der Waals surface area (Å²) in [5.74, 6) is 0.00137. The molecule has 0 bridgehead atoms. The van der Waals surface area contributed by atoms with Crippen molar-refractivity contribution >= 4 is 27.2 Å². The van der Waals surface area contributed by atoms with E-state index in [4.69, 9.17) is 18.0 Å². The van der Waals surface area contributed by atoms with Gasteiger partial charge < -0.3 is 5.73 Å². The minimum atomic E-state index is -3.44. The zero-order valence-corrected chi connectivity index (χ0v) is 13.4. The molecule has 0 saturated heterocycles. The predicted octanol–water partition coefficient (Wildman–Crippen LogP) is 1.39. The van der Waals surface area contributed by atoms with Crippen LogP contribution in [0.2, 0.25) is 0 Å². The molecule has 0 aliphatic rings. The van der Waals surface area contributed by atoms with E-state index in [2.05, 4.69) is 9.71 Å². The van der Waals surface area contributed by atoms with Crippen LogP contribution < -0.4 is 10.5 Å². The van der Waals surface area contributed by atoms with E-state index in [9.17, 15) is 8.42 Å². The van der Waals surface area contributed by atoms with Crippen LogP contribution in [0.5, 0.6) is 0 Å². The average molecular weight is 315 g/mol. The molecule has 0 aliphatic heterocycles. The fourth-order valence-electron chi connectivity index (χ4n) is 1.94. The number of sulfonamides is 1. The highest BCUT2D eigenvalue weighted by molar-refractivity contribution is 7.89. The van der Waals surface area contributed by atoms with Gasteiger partial charge in [0.2, 0.25) is 10.0 Å². The summed E-state index contributed by atoms with van der Waals surface area (Å²) < 4.78 is 27.1. The third kappa shape index (κ3) is 4.50. The van der Waals surface area contributed by atoms with Gasteiger partial charge in [-0.25, -0.2) is 13.1 Å². The van der Waals surface area contributed by atoms with Crippen LogP contribution in [0.15, 0.2) is 24.5 Å². The maximum absolute atomic E-state index is 12.2. The van der Waals surface area contributed by atoms with Gasteiger partial charge in [-0.1, -0.05) is 26.1 Å². The maximum atomic E-state index is 12.2. The Balaban J connectivity index is 2.76. The first-order chi connectivity index (χ1) is 9.35. The van der Waals surface area contributed by atoms with Gasteiger partial charge in [-0.3, -0.25) is 4.98 Å². The number of hydrogen-bond acceptors (Lipinski definition) is 4. The number of nitrogens with two attached hydrogens (primary N) is 1. The molecular formula is C13H21N3O2S2. The molecular weight excluding hydrogens is 294 g/mol. The molecule has 0 spiro atoms. The molecule has 0 amide bonds. The van der Waals surface area contributed by atoms with E-state index in [-0.39, 0.29) is 10.7 Å². The smallest absolute Gasteiger partial charge is 0.212 e. The van der Waals surface area contributed by atoms with Crippen LogP contribution in [0.4, 0.5) is 0 Å². The largest absolute Gasteiger partial charge is 0.392 e. The SMILES string of the molecule is CCC(CC)(NS(=O)(=O)CCc1ccncc1)C(N)=S. The van der Waals surface area contributed by atoms with Gasteiger partial charge in [0, 0.05) is 12.4 Å². The topological polar surface area (TPSA) is 85.1 Å². The molecule has 0 aromatic carbocycles. The molecule has 112 valence electrons. The monoisotopic (exact) mass is 315 g/mol. The summed E-state index contributed by atoms with van der Waals surface area (Å²) in [7, 11) is -3.44. The number of hydrogen-bond donors (Lipinski definition) is 2. The van der Waals surface area contributed by atoms with Gasteiger partial charge in [-0.2, -0.15) is 0 Å². The number of aryl methyl sites for hydroxylation is 1. The Morgan fingerprint density at radius 2 is 1.90 bits per heavy atom. The molecule has 3 N–H and O–H groups in total. The molecule has 0 fully saturated rings. The number of rotatable bonds is 8. The van der Waals surface area contributed by atoms with Crippen LogP contribution in [0.3, 0.4) is 0 Å². The number of thiocarbonyl (C=S) groups is 1. The van der Waals surface area contributed by atoms with Crippen molar-refractivity contribution in [2.45, 2.75) is 38.6 Å². The Morgan fingerprint density at radius 1 is 1.35 bits per heavy atom. The second-order valence-corrected chi connectivity index (χ2v) is 6.96. The van der Waals surface area contributed by atoms with Crippen molar-refractivity contribution in [3.05, 3.63) is 30.1 Å². The summed E-state index contributed by atoms with van der Waals surface area (Å²) in [6.07, 6.45) is 4.79. The van der Waals surface area contributed by atoms with Gasteiger partial charge in [0.1, 0.15) is 0 Å². The van der Waals surface area contributed by atoms with Gasteiger partial charge in [0.25, 0.3) is 0 Å². The van der Waals surface area contributed by atoms with Gasteiger partial charge in [0.15, 0.2) is 0 Å². The summed E-state index contributed by atoms with van der Waals surface area (Å²) in [4.78, 5) is 4.09. The van der Waals surface area contributed by atoms with E-state index in [1.54, 1.807) is 24.5 Å². The van der Waals surface area contributed by atoms with Crippen molar-refractivity contribution in [3.8, 4) is 0 Å². The molecule has 0 aliphatic carbocycles. The highest BCUT2D eigenvalue weighted by Gasteiger charge is 2.33. The molecule has 20 heavy (non-hydrogen) atoms. The zero-order valence-electron chi connectivity index (χ0n) is 11.8. The molecule has 1 aromatic rings. The van der Waals surface area contributed by atoms with Crippen molar-refractivity contribution in [3.63, 3.8) is 0 Å². The van der Waals surface area contributed by atoms with Crippen molar-refractivity contribution in [2.24, 2.45) is 5.73 Å². The second-order valence-electron chi connectivity index (χ2n) is 4.68. The Kier molecular flexibility index (Phi) is 6.04. The van der Waals surface area contributed by atoms with E-state index >= 15 is 0 Å². The highest BCUT2D eigenvalue weighted by Crippen LogP contribution is 2.17. The molecule has 1 rings (SSSR count). The normalized spacial score (nSPS) is 12.3. The van der Waals surface area contributed by atoms with Crippen LogP contribution >= 0.6 is 12.2 Å². The third-order valence-electron chi connectivity index (χ3n) is 3.44. The van der Waals surface area contributed by atoms with Crippen LogP contribution in [0.1, 0.15) is 32.3 Å². The Morgan fingerprint density at radius 3 is 2.35 bits per heavy atom. The Labute approximate surface area is 126 Å². The van der Waals surface area contributed by atoms with Gasteiger partial charge in [-0.05, 0) is 37.0 Å².